The van der Waals surface area contributed by atoms with Crippen molar-refractivity contribution in [1.29, 1.82) is 0 Å². The number of ether oxygens (including phenoxy) is 1. The van der Waals surface area contributed by atoms with E-state index in [0.717, 1.165) is 17.7 Å². The Morgan fingerprint density at radius 3 is 2.81 bits per heavy atom. The summed E-state index contributed by atoms with van der Waals surface area (Å²) in [5, 5.41) is 12.3. The predicted octanol–water partition coefficient (Wildman–Crippen LogP) is 3.02. The standard InChI is InChI=1S/C16H18N2O3/c1-11-9-13(16(19)20)10-15(17-11)18-14-6-4-3-5-12(14)7-8-21-2/h3-6,9-10H,7-8H2,1-2H3,(H,17,18)(H,19,20). The summed E-state index contributed by atoms with van der Waals surface area (Å²) in [5.74, 6) is -0.437. The number of hydrogen-bond acceptors (Lipinski definition) is 4. The maximum absolute atomic E-state index is 11.1. The minimum Gasteiger partial charge on any atom is -0.478 e. The van der Waals surface area contributed by atoms with Gasteiger partial charge in [-0.15, -0.1) is 0 Å². The largest absolute Gasteiger partial charge is 0.478 e. The fourth-order valence-corrected chi connectivity index (χ4v) is 2.07. The van der Waals surface area contributed by atoms with Crippen LogP contribution in [0.25, 0.3) is 0 Å². The van der Waals surface area contributed by atoms with Crippen molar-refractivity contribution in [1.82, 2.24) is 4.98 Å². The number of para-hydroxylation sites is 1. The molecule has 0 aliphatic rings. The van der Waals surface area contributed by atoms with Gasteiger partial charge in [-0.1, -0.05) is 18.2 Å². The number of rotatable bonds is 6. The second-order valence-corrected chi connectivity index (χ2v) is 4.71. The highest BCUT2D eigenvalue weighted by Gasteiger charge is 2.08. The molecule has 5 nitrogen and oxygen atoms in total. The number of carboxylic acid groups (broad SMARTS) is 1. The molecule has 0 amide bonds. The molecule has 0 bridgehead atoms. The van der Waals surface area contributed by atoms with Gasteiger partial charge < -0.3 is 15.2 Å². The minimum atomic E-state index is -0.962. The maximum Gasteiger partial charge on any atom is 0.335 e. The quantitative estimate of drug-likeness (QED) is 0.854. The van der Waals surface area contributed by atoms with Gasteiger partial charge in [0.15, 0.2) is 0 Å². The first-order valence-electron chi connectivity index (χ1n) is 6.66. The Hall–Kier alpha value is -2.40. The number of carbonyl (C=O) groups is 1. The number of anilines is 2. The number of benzene rings is 1. The molecule has 0 aliphatic heterocycles. The van der Waals surface area contributed by atoms with Crippen LogP contribution in [0.3, 0.4) is 0 Å². The Labute approximate surface area is 123 Å². The van der Waals surface area contributed by atoms with Gasteiger partial charge in [-0.2, -0.15) is 0 Å². The SMILES string of the molecule is COCCc1ccccc1Nc1cc(C(=O)O)cc(C)n1. The lowest BCUT2D eigenvalue weighted by Gasteiger charge is -2.12. The molecule has 2 aromatic rings. The fraction of sp³-hybridized carbons (Fsp3) is 0.250. The number of aryl methyl sites for hydroxylation is 1. The summed E-state index contributed by atoms with van der Waals surface area (Å²) >= 11 is 0. The van der Waals surface area contributed by atoms with E-state index in [4.69, 9.17) is 9.84 Å². The van der Waals surface area contributed by atoms with E-state index in [1.165, 1.54) is 6.07 Å². The van der Waals surface area contributed by atoms with Gasteiger partial charge in [0.1, 0.15) is 5.82 Å². The second kappa shape index (κ2) is 6.85. The summed E-state index contributed by atoms with van der Waals surface area (Å²) in [5.41, 5.74) is 2.88. The first-order chi connectivity index (χ1) is 10.1. The molecule has 0 saturated carbocycles. The summed E-state index contributed by atoms with van der Waals surface area (Å²) in [7, 11) is 1.66. The van der Waals surface area contributed by atoms with Crippen LogP contribution in [-0.4, -0.2) is 29.8 Å². The maximum atomic E-state index is 11.1. The van der Waals surface area contributed by atoms with Gasteiger partial charge in [-0.25, -0.2) is 9.78 Å². The van der Waals surface area contributed by atoms with Crippen molar-refractivity contribution in [2.45, 2.75) is 13.3 Å². The highest BCUT2D eigenvalue weighted by molar-refractivity contribution is 5.88. The van der Waals surface area contributed by atoms with Crippen LogP contribution in [-0.2, 0) is 11.2 Å². The number of nitrogens with one attached hydrogen (secondary N) is 1. The Bertz CT molecular complexity index is 641. The zero-order chi connectivity index (χ0) is 15.2. The van der Waals surface area contributed by atoms with E-state index in [2.05, 4.69) is 10.3 Å². The molecule has 0 unspecified atom stereocenters. The van der Waals surface area contributed by atoms with Crippen LogP contribution in [0.5, 0.6) is 0 Å². The molecule has 1 aromatic carbocycles. The molecule has 0 aliphatic carbocycles. The molecule has 1 aromatic heterocycles. The Kier molecular flexibility index (Phi) is 4.90. The zero-order valence-electron chi connectivity index (χ0n) is 12.1. The van der Waals surface area contributed by atoms with Crippen LogP contribution in [0, 0.1) is 6.92 Å². The lowest BCUT2D eigenvalue weighted by molar-refractivity contribution is 0.0696. The summed E-state index contributed by atoms with van der Waals surface area (Å²) < 4.78 is 5.10. The number of nitrogens with zero attached hydrogens (tertiary/aromatic N) is 1. The van der Waals surface area contributed by atoms with Crippen LogP contribution < -0.4 is 5.32 Å². The minimum absolute atomic E-state index is 0.222. The third-order valence-electron chi connectivity index (χ3n) is 3.06. The van der Waals surface area contributed by atoms with Crippen LogP contribution in [0.2, 0.25) is 0 Å². The summed E-state index contributed by atoms with van der Waals surface area (Å²) in [4.78, 5) is 15.4. The normalized spacial score (nSPS) is 10.4. The van der Waals surface area contributed by atoms with E-state index >= 15 is 0 Å². The first kappa shape index (κ1) is 15.0. The van der Waals surface area contributed by atoms with Crippen molar-refractivity contribution >= 4 is 17.5 Å². The van der Waals surface area contributed by atoms with E-state index in [0.29, 0.717) is 18.1 Å². The number of aromatic nitrogens is 1. The highest BCUT2D eigenvalue weighted by Crippen LogP contribution is 2.21. The molecule has 1 heterocycles. The molecule has 0 saturated heterocycles. The number of carboxylic acids is 1. The monoisotopic (exact) mass is 286 g/mol. The summed E-state index contributed by atoms with van der Waals surface area (Å²) in [6, 6.07) is 10.9. The Morgan fingerprint density at radius 2 is 2.10 bits per heavy atom. The number of hydrogen-bond donors (Lipinski definition) is 2. The molecule has 110 valence electrons. The highest BCUT2D eigenvalue weighted by atomic mass is 16.5. The average Bonchev–Trinajstić information content (AvgIpc) is 2.45. The lowest BCUT2D eigenvalue weighted by Crippen LogP contribution is -2.04. The molecule has 0 radical (unpaired) electrons. The topological polar surface area (TPSA) is 71.5 Å². The molecule has 0 fully saturated rings. The molecule has 21 heavy (non-hydrogen) atoms. The number of pyridine rings is 1. The molecule has 0 spiro atoms. The van der Waals surface area contributed by atoms with Crippen LogP contribution in [0.1, 0.15) is 21.6 Å². The van der Waals surface area contributed by atoms with E-state index in [1.54, 1.807) is 20.1 Å². The molecular formula is C16H18N2O3. The lowest BCUT2D eigenvalue weighted by atomic mass is 10.1. The van der Waals surface area contributed by atoms with E-state index in [1.807, 2.05) is 24.3 Å². The Morgan fingerprint density at radius 1 is 1.33 bits per heavy atom. The first-order valence-corrected chi connectivity index (χ1v) is 6.66. The molecular weight excluding hydrogens is 268 g/mol. The summed E-state index contributed by atoms with van der Waals surface area (Å²) in [6.07, 6.45) is 0.775. The molecule has 2 N–H and O–H groups in total. The van der Waals surface area contributed by atoms with Crippen molar-refractivity contribution < 1.29 is 14.6 Å². The van der Waals surface area contributed by atoms with Crippen molar-refractivity contribution in [3.05, 3.63) is 53.2 Å². The van der Waals surface area contributed by atoms with Crippen molar-refractivity contribution in [2.24, 2.45) is 0 Å². The predicted molar refractivity (Wildman–Crippen MR) is 81.2 cm³/mol. The van der Waals surface area contributed by atoms with Gasteiger partial charge in [-0.3, -0.25) is 0 Å². The molecule has 2 rings (SSSR count). The van der Waals surface area contributed by atoms with Gasteiger partial charge in [-0.05, 0) is 37.1 Å². The third kappa shape index (κ3) is 4.03. The van der Waals surface area contributed by atoms with E-state index < -0.39 is 5.97 Å². The Balaban J connectivity index is 2.27. The number of methoxy groups -OCH3 is 1. The van der Waals surface area contributed by atoms with Crippen LogP contribution in [0.4, 0.5) is 11.5 Å². The smallest absolute Gasteiger partial charge is 0.335 e. The van der Waals surface area contributed by atoms with Crippen molar-refractivity contribution in [2.75, 3.05) is 19.0 Å². The van der Waals surface area contributed by atoms with Gasteiger partial charge in [0.25, 0.3) is 0 Å². The van der Waals surface area contributed by atoms with Crippen LogP contribution in [0.15, 0.2) is 36.4 Å². The van der Waals surface area contributed by atoms with E-state index in [-0.39, 0.29) is 5.56 Å². The van der Waals surface area contributed by atoms with Crippen molar-refractivity contribution in [3.8, 4) is 0 Å². The van der Waals surface area contributed by atoms with Gasteiger partial charge in [0, 0.05) is 18.5 Å². The zero-order valence-corrected chi connectivity index (χ0v) is 12.1. The number of aromatic carboxylic acids is 1. The third-order valence-corrected chi connectivity index (χ3v) is 3.06. The van der Waals surface area contributed by atoms with E-state index in [9.17, 15) is 4.79 Å². The van der Waals surface area contributed by atoms with Crippen LogP contribution >= 0.6 is 0 Å². The second-order valence-electron chi connectivity index (χ2n) is 4.71. The van der Waals surface area contributed by atoms with Gasteiger partial charge in [0.2, 0.25) is 0 Å². The summed E-state index contributed by atoms with van der Waals surface area (Å²) in [6.45, 7) is 2.40. The fourth-order valence-electron chi connectivity index (χ4n) is 2.07. The van der Waals surface area contributed by atoms with Gasteiger partial charge in [0.05, 0.1) is 12.2 Å². The molecule has 0 atom stereocenters. The average molecular weight is 286 g/mol. The molecule has 5 heteroatoms. The van der Waals surface area contributed by atoms with Crippen molar-refractivity contribution in [3.63, 3.8) is 0 Å². The van der Waals surface area contributed by atoms with Gasteiger partial charge >= 0.3 is 5.97 Å².